The first-order chi connectivity index (χ1) is 19.4. The number of hydrogen-bond donors (Lipinski definition) is 2. The van der Waals surface area contributed by atoms with Gasteiger partial charge >= 0.3 is 35.9 Å². The van der Waals surface area contributed by atoms with Crippen LogP contribution in [0.3, 0.4) is 0 Å². The fourth-order valence-corrected chi connectivity index (χ4v) is 4.15. The third-order valence-corrected chi connectivity index (χ3v) is 5.67. The number of carbonyl (C=O) groups is 6. The molecule has 1 heterocycles. The van der Waals surface area contributed by atoms with E-state index in [2.05, 4.69) is 5.32 Å². The number of hydrogen-bond acceptors (Lipinski definition) is 12. The summed E-state index contributed by atoms with van der Waals surface area (Å²) in [6.07, 6.45) is -9.76. The number of benzene rings is 2. The van der Waals surface area contributed by atoms with E-state index < -0.39 is 66.6 Å². The number of nitrogens with one attached hydrogen (secondary N) is 1. The van der Waals surface area contributed by atoms with Gasteiger partial charge in [0.1, 0.15) is 0 Å². The van der Waals surface area contributed by atoms with Crippen molar-refractivity contribution in [3.05, 3.63) is 54.1 Å². The van der Waals surface area contributed by atoms with Gasteiger partial charge in [-0.2, -0.15) is 0 Å². The van der Waals surface area contributed by atoms with Gasteiger partial charge in [0.2, 0.25) is 12.4 Å². The maximum absolute atomic E-state index is 13.1. The van der Waals surface area contributed by atoms with Crippen LogP contribution in [-0.2, 0) is 47.6 Å². The highest BCUT2D eigenvalue weighted by molar-refractivity contribution is 6.00. The lowest BCUT2D eigenvalue weighted by molar-refractivity contribution is -0.287. The zero-order valence-electron chi connectivity index (χ0n) is 22.4. The third-order valence-electron chi connectivity index (χ3n) is 5.67. The molecule has 1 aliphatic rings. The van der Waals surface area contributed by atoms with Crippen molar-refractivity contribution < 1.29 is 62.3 Å². The molecule has 1 fully saturated rings. The standard InChI is InChI=1S/C27H27NO13/c1-13(29)37-20-21(38-14(2)30)23(39-15(3)31)26(40-22(20)25(34)36-4)41-27(35)28-19-12-8-7-10-17(19)16-9-5-6-11-18(16)24(32)33/h5-12,20-23,26H,1-4H3,(H,28,35)(H,32,33). The zero-order chi connectivity index (χ0) is 30.3. The first kappa shape index (κ1) is 30.6. The van der Waals surface area contributed by atoms with E-state index in [0.29, 0.717) is 11.1 Å². The molecule has 14 nitrogen and oxygen atoms in total. The molecule has 0 radical (unpaired) electrons. The SMILES string of the molecule is COC(=O)C1OC(OC(=O)Nc2ccccc2-c2ccccc2C(=O)O)C(OC(C)=O)C(OC(C)=O)C1OC(C)=O. The monoisotopic (exact) mass is 573 g/mol. The third kappa shape index (κ3) is 7.57. The first-order valence-corrected chi connectivity index (χ1v) is 12.1. The topological polar surface area (TPSA) is 190 Å². The highest BCUT2D eigenvalue weighted by Crippen LogP contribution is 2.33. The highest BCUT2D eigenvalue weighted by atomic mass is 16.8. The number of ether oxygens (including phenoxy) is 6. The van der Waals surface area contributed by atoms with Crippen molar-refractivity contribution in [1.29, 1.82) is 0 Å². The molecule has 218 valence electrons. The van der Waals surface area contributed by atoms with E-state index in [1.807, 2.05) is 0 Å². The van der Waals surface area contributed by atoms with Crippen molar-refractivity contribution in [3.63, 3.8) is 0 Å². The molecule has 0 aliphatic carbocycles. The van der Waals surface area contributed by atoms with Crippen LogP contribution in [0.5, 0.6) is 0 Å². The molecular formula is C27H27NO13. The number of amides is 1. The molecule has 2 N–H and O–H groups in total. The second-order valence-corrected chi connectivity index (χ2v) is 8.60. The number of methoxy groups -OCH3 is 1. The summed E-state index contributed by atoms with van der Waals surface area (Å²) in [7, 11) is 1.02. The lowest BCUT2D eigenvalue weighted by Crippen LogP contribution is -2.64. The number of esters is 4. The van der Waals surface area contributed by atoms with Crippen LogP contribution in [0.4, 0.5) is 10.5 Å². The summed E-state index contributed by atoms with van der Waals surface area (Å²) < 4.78 is 31.3. The van der Waals surface area contributed by atoms with E-state index >= 15 is 0 Å². The number of anilines is 1. The minimum Gasteiger partial charge on any atom is -0.478 e. The van der Waals surface area contributed by atoms with Crippen LogP contribution < -0.4 is 5.32 Å². The van der Waals surface area contributed by atoms with E-state index in [1.165, 1.54) is 12.1 Å². The Hall–Kier alpha value is -4.98. The summed E-state index contributed by atoms with van der Waals surface area (Å²) in [6, 6.07) is 12.4. The number of aromatic carboxylic acids is 1. The van der Waals surface area contributed by atoms with Crippen molar-refractivity contribution in [3.8, 4) is 11.1 Å². The normalized spacial score (nSPS) is 21.5. The maximum Gasteiger partial charge on any atom is 0.414 e. The molecule has 1 saturated heterocycles. The minimum atomic E-state index is -1.86. The average molecular weight is 574 g/mol. The van der Waals surface area contributed by atoms with Gasteiger partial charge in [0, 0.05) is 26.3 Å². The summed E-state index contributed by atoms with van der Waals surface area (Å²) >= 11 is 0. The Balaban J connectivity index is 1.97. The minimum absolute atomic E-state index is 0.0256. The molecule has 3 rings (SSSR count). The molecule has 1 amide bonds. The molecule has 14 heteroatoms. The fourth-order valence-electron chi connectivity index (χ4n) is 4.15. The number of rotatable bonds is 8. The first-order valence-electron chi connectivity index (χ1n) is 12.1. The molecule has 2 aromatic carbocycles. The van der Waals surface area contributed by atoms with Gasteiger partial charge < -0.3 is 33.5 Å². The van der Waals surface area contributed by atoms with E-state index in [4.69, 9.17) is 28.4 Å². The number of para-hydroxylation sites is 1. The highest BCUT2D eigenvalue weighted by Gasteiger charge is 2.56. The van der Waals surface area contributed by atoms with Crippen molar-refractivity contribution >= 4 is 41.6 Å². The predicted molar refractivity (Wildman–Crippen MR) is 136 cm³/mol. The van der Waals surface area contributed by atoms with Crippen LogP contribution in [0.15, 0.2) is 48.5 Å². The van der Waals surface area contributed by atoms with Crippen molar-refractivity contribution in [1.82, 2.24) is 0 Å². The summed E-state index contributed by atoms with van der Waals surface area (Å²) in [6.45, 7) is 3.06. The number of carboxylic acids is 1. The van der Waals surface area contributed by atoms with Gasteiger partial charge in [0.05, 0.1) is 18.4 Å². The molecule has 0 bridgehead atoms. The lowest BCUT2D eigenvalue weighted by atomic mass is 9.97. The van der Waals surface area contributed by atoms with Crippen LogP contribution in [-0.4, -0.2) is 78.9 Å². The average Bonchev–Trinajstić information content (AvgIpc) is 2.90. The van der Waals surface area contributed by atoms with E-state index in [0.717, 1.165) is 27.9 Å². The quantitative estimate of drug-likeness (QED) is 0.346. The van der Waals surface area contributed by atoms with E-state index in [1.54, 1.807) is 36.4 Å². The van der Waals surface area contributed by atoms with Gasteiger partial charge in [-0.3, -0.25) is 19.7 Å². The Bertz CT molecular complexity index is 1340. The molecule has 0 spiro atoms. The molecule has 0 aromatic heterocycles. The Kier molecular flexibility index (Phi) is 9.98. The van der Waals surface area contributed by atoms with Crippen LogP contribution in [0.2, 0.25) is 0 Å². The second kappa shape index (κ2) is 13.4. The van der Waals surface area contributed by atoms with Gasteiger partial charge in [0.25, 0.3) is 0 Å². The molecular weight excluding hydrogens is 546 g/mol. The Labute approximate surface area is 233 Å². The molecule has 5 atom stereocenters. The van der Waals surface area contributed by atoms with Crippen LogP contribution >= 0.6 is 0 Å². The summed E-state index contributed by atoms with van der Waals surface area (Å²) in [5.74, 6) is -4.95. The van der Waals surface area contributed by atoms with E-state index in [9.17, 15) is 33.9 Å². The van der Waals surface area contributed by atoms with Crippen LogP contribution in [0.1, 0.15) is 31.1 Å². The summed E-state index contributed by atoms with van der Waals surface area (Å²) in [4.78, 5) is 73.0. The lowest BCUT2D eigenvalue weighted by Gasteiger charge is -2.42. The zero-order valence-corrected chi connectivity index (χ0v) is 22.4. The van der Waals surface area contributed by atoms with Crippen molar-refractivity contribution in [2.75, 3.05) is 12.4 Å². The number of carboxylic acid groups (broad SMARTS) is 1. The van der Waals surface area contributed by atoms with Crippen molar-refractivity contribution in [2.45, 2.75) is 51.5 Å². The van der Waals surface area contributed by atoms with Gasteiger partial charge in [-0.25, -0.2) is 14.4 Å². The smallest absolute Gasteiger partial charge is 0.414 e. The Morgan fingerprint density at radius 1 is 0.732 bits per heavy atom. The summed E-state index contributed by atoms with van der Waals surface area (Å²) in [5, 5.41) is 12.1. The second-order valence-electron chi connectivity index (χ2n) is 8.60. The Morgan fingerprint density at radius 3 is 1.85 bits per heavy atom. The van der Waals surface area contributed by atoms with Gasteiger partial charge in [-0.05, 0) is 17.7 Å². The largest absolute Gasteiger partial charge is 0.478 e. The van der Waals surface area contributed by atoms with Gasteiger partial charge in [-0.15, -0.1) is 0 Å². The van der Waals surface area contributed by atoms with E-state index in [-0.39, 0.29) is 11.3 Å². The molecule has 41 heavy (non-hydrogen) atoms. The molecule has 5 unspecified atom stereocenters. The van der Waals surface area contributed by atoms with Crippen LogP contribution in [0, 0.1) is 0 Å². The molecule has 1 aliphatic heterocycles. The molecule has 0 saturated carbocycles. The maximum atomic E-state index is 13.1. The molecule has 2 aromatic rings. The van der Waals surface area contributed by atoms with Crippen LogP contribution in [0.25, 0.3) is 11.1 Å². The number of carbonyl (C=O) groups excluding carboxylic acids is 5. The van der Waals surface area contributed by atoms with Gasteiger partial charge in [-0.1, -0.05) is 36.4 Å². The summed E-state index contributed by atoms with van der Waals surface area (Å²) in [5.41, 5.74) is 0.753. The fraction of sp³-hybridized carbons (Fsp3) is 0.333. The van der Waals surface area contributed by atoms with Gasteiger partial charge in [0.15, 0.2) is 18.3 Å². The van der Waals surface area contributed by atoms with Crippen molar-refractivity contribution in [2.24, 2.45) is 0 Å². The predicted octanol–water partition coefficient (Wildman–Crippen LogP) is 2.29. The Morgan fingerprint density at radius 2 is 1.27 bits per heavy atom.